The highest BCUT2D eigenvalue weighted by Crippen LogP contribution is 2.37. The second kappa shape index (κ2) is 4.98. The van der Waals surface area contributed by atoms with E-state index in [2.05, 4.69) is 26.2 Å². The fourth-order valence-corrected chi connectivity index (χ4v) is 2.48. The SMILES string of the molecule is O=C(Nc1cc(Br)ccn1)c1cc(Cl)cn1C1CC1. The van der Waals surface area contributed by atoms with E-state index >= 15 is 0 Å². The summed E-state index contributed by atoms with van der Waals surface area (Å²) in [5.41, 5.74) is 0.578. The van der Waals surface area contributed by atoms with Gasteiger partial charge in [0.05, 0.1) is 5.02 Å². The van der Waals surface area contributed by atoms with Gasteiger partial charge in [0, 0.05) is 22.9 Å². The molecule has 0 aliphatic heterocycles. The Kier molecular flexibility index (Phi) is 3.33. The van der Waals surface area contributed by atoms with Gasteiger partial charge in [-0.05, 0) is 31.0 Å². The minimum atomic E-state index is -0.190. The average Bonchev–Trinajstić information content (AvgIpc) is 3.12. The zero-order chi connectivity index (χ0) is 13.4. The van der Waals surface area contributed by atoms with Crippen molar-refractivity contribution in [1.82, 2.24) is 9.55 Å². The molecule has 1 saturated carbocycles. The molecule has 1 aliphatic rings. The fraction of sp³-hybridized carbons (Fsp3) is 0.231. The molecule has 0 unspecified atom stereocenters. The molecule has 6 heteroatoms. The number of carbonyl (C=O) groups excluding carboxylic acids is 1. The third-order valence-electron chi connectivity index (χ3n) is 2.95. The molecule has 1 N–H and O–H groups in total. The van der Waals surface area contributed by atoms with Crippen molar-refractivity contribution in [2.24, 2.45) is 0 Å². The van der Waals surface area contributed by atoms with Crippen molar-refractivity contribution in [3.05, 3.63) is 45.8 Å². The lowest BCUT2D eigenvalue weighted by atomic mass is 10.3. The van der Waals surface area contributed by atoms with E-state index in [1.54, 1.807) is 24.4 Å². The minimum Gasteiger partial charge on any atom is -0.339 e. The van der Waals surface area contributed by atoms with E-state index in [4.69, 9.17) is 11.6 Å². The van der Waals surface area contributed by atoms with Crippen LogP contribution in [0.2, 0.25) is 5.02 Å². The first-order valence-electron chi connectivity index (χ1n) is 5.94. The molecule has 2 aromatic heterocycles. The van der Waals surface area contributed by atoms with Crippen LogP contribution in [0, 0.1) is 0 Å². The number of aromatic nitrogens is 2. The number of nitrogens with zero attached hydrogens (tertiary/aromatic N) is 2. The largest absolute Gasteiger partial charge is 0.339 e. The lowest BCUT2D eigenvalue weighted by molar-refractivity contribution is 0.101. The second-order valence-electron chi connectivity index (χ2n) is 4.50. The van der Waals surface area contributed by atoms with Crippen LogP contribution < -0.4 is 5.32 Å². The van der Waals surface area contributed by atoms with Crippen molar-refractivity contribution in [3.8, 4) is 0 Å². The van der Waals surface area contributed by atoms with Gasteiger partial charge in [-0.25, -0.2) is 4.98 Å². The van der Waals surface area contributed by atoms with Gasteiger partial charge in [0.1, 0.15) is 11.5 Å². The first kappa shape index (κ1) is 12.7. The standard InChI is InChI=1S/C13H11BrClN3O/c14-8-3-4-16-12(5-8)17-13(19)11-6-9(15)7-18(11)10-1-2-10/h3-7,10H,1-2H2,(H,16,17,19). The van der Waals surface area contributed by atoms with E-state index in [0.717, 1.165) is 17.3 Å². The van der Waals surface area contributed by atoms with Crippen LogP contribution >= 0.6 is 27.5 Å². The molecular weight excluding hydrogens is 330 g/mol. The molecule has 0 spiro atoms. The Morgan fingerprint density at radius 2 is 2.26 bits per heavy atom. The van der Waals surface area contributed by atoms with Crippen LogP contribution in [-0.2, 0) is 0 Å². The van der Waals surface area contributed by atoms with Crippen LogP contribution in [0.3, 0.4) is 0 Å². The maximum atomic E-state index is 12.2. The van der Waals surface area contributed by atoms with Crippen molar-refractivity contribution in [1.29, 1.82) is 0 Å². The Bertz CT molecular complexity index is 637. The second-order valence-corrected chi connectivity index (χ2v) is 5.85. The Labute approximate surface area is 123 Å². The molecule has 19 heavy (non-hydrogen) atoms. The molecule has 2 heterocycles. The fourth-order valence-electron chi connectivity index (χ4n) is 1.94. The van der Waals surface area contributed by atoms with Gasteiger partial charge in [0.2, 0.25) is 0 Å². The number of halogens is 2. The predicted octanol–water partition coefficient (Wildman–Crippen LogP) is 3.89. The van der Waals surface area contributed by atoms with E-state index in [0.29, 0.717) is 22.6 Å². The summed E-state index contributed by atoms with van der Waals surface area (Å²) in [6, 6.07) is 5.65. The number of rotatable bonds is 3. The molecule has 1 amide bonds. The molecule has 4 nitrogen and oxygen atoms in total. The lowest BCUT2D eigenvalue weighted by Crippen LogP contribution is -2.17. The quantitative estimate of drug-likeness (QED) is 0.921. The van der Waals surface area contributed by atoms with E-state index in [-0.39, 0.29) is 5.91 Å². The number of anilines is 1. The molecule has 3 rings (SSSR count). The maximum absolute atomic E-state index is 12.2. The Balaban J connectivity index is 1.84. The van der Waals surface area contributed by atoms with Crippen LogP contribution in [0.1, 0.15) is 29.4 Å². The zero-order valence-electron chi connectivity index (χ0n) is 9.94. The lowest BCUT2D eigenvalue weighted by Gasteiger charge is -2.08. The summed E-state index contributed by atoms with van der Waals surface area (Å²) in [5, 5.41) is 3.36. The van der Waals surface area contributed by atoms with Gasteiger partial charge in [0.25, 0.3) is 5.91 Å². The normalized spacial score (nSPS) is 14.4. The van der Waals surface area contributed by atoms with Gasteiger partial charge in [-0.3, -0.25) is 4.79 Å². The number of carbonyl (C=O) groups is 1. The van der Waals surface area contributed by atoms with Crippen molar-refractivity contribution >= 4 is 39.3 Å². The summed E-state index contributed by atoms with van der Waals surface area (Å²) in [6.45, 7) is 0. The van der Waals surface area contributed by atoms with Crippen LogP contribution in [0.15, 0.2) is 35.1 Å². The molecule has 0 bridgehead atoms. The van der Waals surface area contributed by atoms with E-state index < -0.39 is 0 Å². The van der Waals surface area contributed by atoms with E-state index in [1.807, 2.05) is 10.8 Å². The molecule has 0 aromatic carbocycles. The highest BCUT2D eigenvalue weighted by Gasteiger charge is 2.27. The van der Waals surface area contributed by atoms with Crippen LogP contribution in [0.4, 0.5) is 5.82 Å². The molecule has 0 radical (unpaired) electrons. The van der Waals surface area contributed by atoms with E-state index in [9.17, 15) is 4.79 Å². The van der Waals surface area contributed by atoms with Gasteiger partial charge in [-0.15, -0.1) is 0 Å². The molecule has 2 aromatic rings. The van der Waals surface area contributed by atoms with Gasteiger partial charge < -0.3 is 9.88 Å². The Morgan fingerprint density at radius 3 is 2.95 bits per heavy atom. The van der Waals surface area contributed by atoms with Crippen LogP contribution in [-0.4, -0.2) is 15.5 Å². The first-order chi connectivity index (χ1) is 9.13. The van der Waals surface area contributed by atoms with Crippen molar-refractivity contribution in [2.75, 3.05) is 5.32 Å². The molecule has 1 aliphatic carbocycles. The topological polar surface area (TPSA) is 46.9 Å². The monoisotopic (exact) mass is 339 g/mol. The van der Waals surface area contributed by atoms with Crippen molar-refractivity contribution in [3.63, 3.8) is 0 Å². The van der Waals surface area contributed by atoms with Crippen LogP contribution in [0.5, 0.6) is 0 Å². The smallest absolute Gasteiger partial charge is 0.273 e. The highest BCUT2D eigenvalue weighted by atomic mass is 79.9. The van der Waals surface area contributed by atoms with Gasteiger partial charge in [0.15, 0.2) is 0 Å². The maximum Gasteiger partial charge on any atom is 0.273 e. The summed E-state index contributed by atoms with van der Waals surface area (Å²) in [6.07, 6.45) is 5.63. The van der Waals surface area contributed by atoms with E-state index in [1.165, 1.54) is 0 Å². The average molecular weight is 341 g/mol. The molecule has 0 saturated heterocycles. The number of amides is 1. The highest BCUT2D eigenvalue weighted by molar-refractivity contribution is 9.10. The van der Waals surface area contributed by atoms with Gasteiger partial charge >= 0.3 is 0 Å². The Hall–Kier alpha value is -1.33. The number of nitrogens with one attached hydrogen (secondary N) is 1. The Morgan fingerprint density at radius 1 is 1.47 bits per heavy atom. The number of pyridine rings is 1. The summed E-state index contributed by atoms with van der Waals surface area (Å²) < 4.78 is 2.81. The third-order valence-corrected chi connectivity index (χ3v) is 3.65. The first-order valence-corrected chi connectivity index (χ1v) is 7.11. The minimum absolute atomic E-state index is 0.190. The summed E-state index contributed by atoms with van der Waals surface area (Å²) in [4.78, 5) is 16.3. The summed E-state index contributed by atoms with van der Waals surface area (Å²) >= 11 is 9.33. The number of hydrogen-bond donors (Lipinski definition) is 1. The summed E-state index contributed by atoms with van der Waals surface area (Å²) in [5.74, 6) is 0.323. The number of hydrogen-bond acceptors (Lipinski definition) is 2. The van der Waals surface area contributed by atoms with Gasteiger partial charge in [-0.1, -0.05) is 27.5 Å². The molecule has 0 atom stereocenters. The molecule has 98 valence electrons. The van der Waals surface area contributed by atoms with Crippen molar-refractivity contribution in [2.45, 2.75) is 18.9 Å². The van der Waals surface area contributed by atoms with Crippen molar-refractivity contribution < 1.29 is 4.79 Å². The predicted molar refractivity (Wildman–Crippen MR) is 77.6 cm³/mol. The molecule has 1 fully saturated rings. The zero-order valence-corrected chi connectivity index (χ0v) is 12.3. The third kappa shape index (κ3) is 2.82. The van der Waals surface area contributed by atoms with Crippen LogP contribution in [0.25, 0.3) is 0 Å². The molecular formula is C13H11BrClN3O. The van der Waals surface area contributed by atoms with Gasteiger partial charge in [-0.2, -0.15) is 0 Å². The summed E-state index contributed by atoms with van der Waals surface area (Å²) in [7, 11) is 0.